The zero-order valence-electron chi connectivity index (χ0n) is 29.8. The summed E-state index contributed by atoms with van der Waals surface area (Å²) in [6.45, 7) is 4.65. The van der Waals surface area contributed by atoms with E-state index in [4.69, 9.17) is 4.74 Å². The lowest BCUT2D eigenvalue weighted by atomic mass is 9.84. The molecule has 19 heteroatoms. The van der Waals surface area contributed by atoms with Gasteiger partial charge in [0.1, 0.15) is 34.9 Å². The van der Waals surface area contributed by atoms with E-state index in [2.05, 4.69) is 25.0 Å². The van der Waals surface area contributed by atoms with Gasteiger partial charge in [0.05, 0.1) is 29.9 Å². The molecule has 1 saturated carbocycles. The second-order valence-electron chi connectivity index (χ2n) is 14.2. The summed E-state index contributed by atoms with van der Waals surface area (Å²) in [6.07, 6.45) is 1.24. The van der Waals surface area contributed by atoms with Gasteiger partial charge in [0.25, 0.3) is 0 Å². The van der Waals surface area contributed by atoms with Gasteiger partial charge in [-0.1, -0.05) is 17.2 Å². The fraction of sp³-hybridized carbons (Fsp3) is 0.457. The fourth-order valence-electron chi connectivity index (χ4n) is 5.71. The van der Waals surface area contributed by atoms with E-state index in [9.17, 15) is 46.9 Å². The number of carbonyl (C=O) groups excluding carboxylic acids is 2. The van der Waals surface area contributed by atoms with Gasteiger partial charge in [-0.3, -0.25) is 9.78 Å². The minimum atomic E-state index is -3.92. The molecule has 1 heterocycles. The van der Waals surface area contributed by atoms with Gasteiger partial charge in [0.15, 0.2) is 5.79 Å². The lowest BCUT2D eigenvalue weighted by molar-refractivity contribution is -0.157. The van der Waals surface area contributed by atoms with Crippen LogP contribution in [-0.4, -0.2) is 82.3 Å². The van der Waals surface area contributed by atoms with Gasteiger partial charge in [-0.25, -0.2) is 35.5 Å². The SMILES string of the molecule is CC(O)(O)CN(C[C@H](CCc1c(F)cncc1NC(=O)C(N=[N+]=[N-])[C@@H](c1ccc(F)cc1)c1cc(F)cc(F)c1)NS(=O)(=O)C1CC1)C(=O)OC(C)(C)C. The predicted molar refractivity (Wildman–Crippen MR) is 188 cm³/mol. The Hall–Kier alpha value is -4.81. The highest BCUT2D eigenvalue weighted by atomic mass is 32.2. The molecule has 0 bridgehead atoms. The molecule has 4 N–H and O–H groups in total. The normalized spacial score (nSPS) is 15.1. The van der Waals surface area contributed by atoms with Crippen molar-refractivity contribution in [2.45, 2.75) is 88.0 Å². The van der Waals surface area contributed by atoms with Crippen LogP contribution in [0, 0.1) is 23.3 Å². The van der Waals surface area contributed by atoms with Gasteiger partial charge in [-0.15, -0.1) is 0 Å². The maximum absolute atomic E-state index is 15.5. The fourth-order valence-corrected chi connectivity index (χ4v) is 7.31. The lowest BCUT2D eigenvalue weighted by Gasteiger charge is -2.33. The average molecular weight is 780 g/mol. The largest absolute Gasteiger partial charge is 0.444 e. The summed E-state index contributed by atoms with van der Waals surface area (Å²) in [5.74, 6) is -8.43. The van der Waals surface area contributed by atoms with Crippen molar-refractivity contribution in [2.24, 2.45) is 5.11 Å². The number of halogens is 4. The number of ether oxygens (including phenoxy) is 1. The molecule has 1 aliphatic rings. The molecule has 14 nitrogen and oxygen atoms in total. The van der Waals surface area contributed by atoms with E-state index in [-0.39, 0.29) is 35.2 Å². The van der Waals surface area contributed by atoms with Crippen molar-refractivity contribution in [1.82, 2.24) is 14.6 Å². The van der Waals surface area contributed by atoms with Crippen LogP contribution in [0.1, 0.15) is 69.6 Å². The maximum atomic E-state index is 15.5. The molecule has 54 heavy (non-hydrogen) atoms. The molecule has 1 fully saturated rings. The first-order chi connectivity index (χ1) is 25.2. The van der Waals surface area contributed by atoms with Crippen molar-refractivity contribution in [3.8, 4) is 0 Å². The molecule has 292 valence electrons. The number of anilines is 1. The summed E-state index contributed by atoms with van der Waals surface area (Å²) in [5, 5.41) is 25.6. The van der Waals surface area contributed by atoms with Crippen LogP contribution < -0.4 is 10.0 Å². The second kappa shape index (κ2) is 17.1. The molecular weight excluding hydrogens is 738 g/mol. The minimum absolute atomic E-state index is 0.133. The Morgan fingerprint density at radius 3 is 2.20 bits per heavy atom. The molecule has 0 saturated heterocycles. The van der Waals surface area contributed by atoms with Crippen LogP contribution in [0.4, 0.5) is 28.0 Å². The quantitative estimate of drug-likeness (QED) is 0.0485. The van der Waals surface area contributed by atoms with E-state index < -0.39 is 93.0 Å². The number of nitrogens with zero attached hydrogens (tertiary/aromatic N) is 5. The van der Waals surface area contributed by atoms with Crippen molar-refractivity contribution in [2.75, 3.05) is 18.4 Å². The van der Waals surface area contributed by atoms with Crippen LogP contribution in [-0.2, 0) is 26.0 Å². The Labute approximate surface area is 309 Å². The van der Waals surface area contributed by atoms with Crippen molar-refractivity contribution in [3.63, 3.8) is 0 Å². The van der Waals surface area contributed by atoms with E-state index in [1.54, 1.807) is 20.8 Å². The molecule has 3 atom stereocenters. The van der Waals surface area contributed by atoms with Crippen LogP contribution in [0.25, 0.3) is 10.4 Å². The minimum Gasteiger partial charge on any atom is -0.444 e. The molecular formula is C35H41F4N7O7S. The number of azide groups is 1. The third kappa shape index (κ3) is 12.1. The highest BCUT2D eigenvalue weighted by molar-refractivity contribution is 7.90. The molecule has 0 spiro atoms. The average Bonchev–Trinajstić information content (AvgIpc) is 3.90. The summed E-state index contributed by atoms with van der Waals surface area (Å²) in [4.78, 5) is 34.4. The first kappa shape index (κ1) is 41.9. The smallest absolute Gasteiger partial charge is 0.410 e. The van der Waals surface area contributed by atoms with Crippen LogP contribution in [0.3, 0.4) is 0 Å². The second-order valence-corrected chi connectivity index (χ2v) is 16.2. The molecule has 4 rings (SSSR count). The summed E-state index contributed by atoms with van der Waals surface area (Å²) < 4.78 is 92.2. The van der Waals surface area contributed by atoms with E-state index >= 15 is 4.39 Å². The molecule has 1 unspecified atom stereocenters. The molecule has 2 aromatic carbocycles. The number of pyridine rings is 1. The zero-order chi connectivity index (χ0) is 40.0. The number of aliphatic hydroxyl groups is 2. The number of carbonyl (C=O) groups is 2. The highest BCUT2D eigenvalue weighted by Gasteiger charge is 2.39. The first-order valence-electron chi connectivity index (χ1n) is 16.8. The molecule has 0 radical (unpaired) electrons. The Bertz CT molecular complexity index is 1960. The van der Waals surface area contributed by atoms with Crippen molar-refractivity contribution in [1.29, 1.82) is 0 Å². The van der Waals surface area contributed by atoms with Crippen LogP contribution in [0.5, 0.6) is 0 Å². The zero-order valence-corrected chi connectivity index (χ0v) is 30.7. The van der Waals surface area contributed by atoms with E-state index in [0.717, 1.165) is 48.5 Å². The van der Waals surface area contributed by atoms with Gasteiger partial charge in [0, 0.05) is 35.0 Å². The number of nitrogens with one attached hydrogen (secondary N) is 2. The molecule has 3 aromatic rings. The highest BCUT2D eigenvalue weighted by Crippen LogP contribution is 2.33. The Kier molecular flexibility index (Phi) is 13.3. The summed E-state index contributed by atoms with van der Waals surface area (Å²) in [5.41, 5.74) is 8.05. The van der Waals surface area contributed by atoms with Gasteiger partial charge >= 0.3 is 6.09 Å². The monoisotopic (exact) mass is 779 g/mol. The van der Waals surface area contributed by atoms with Crippen LogP contribution in [0.2, 0.25) is 0 Å². The van der Waals surface area contributed by atoms with Crippen LogP contribution in [0.15, 0.2) is 60.0 Å². The van der Waals surface area contributed by atoms with E-state index in [1.165, 1.54) is 12.1 Å². The van der Waals surface area contributed by atoms with Gasteiger partial charge in [-0.2, -0.15) is 0 Å². The number of rotatable bonds is 16. The number of hydrogen-bond acceptors (Lipinski definition) is 9. The Morgan fingerprint density at radius 2 is 1.65 bits per heavy atom. The first-order valence-corrected chi connectivity index (χ1v) is 18.3. The maximum Gasteiger partial charge on any atom is 0.410 e. The molecule has 2 amide bonds. The van der Waals surface area contributed by atoms with Crippen molar-refractivity contribution >= 4 is 27.7 Å². The number of benzene rings is 2. The van der Waals surface area contributed by atoms with Gasteiger partial charge in [-0.05, 0) is 94.3 Å². The number of hydrogen-bond donors (Lipinski definition) is 4. The van der Waals surface area contributed by atoms with Crippen molar-refractivity contribution < 1.29 is 50.5 Å². The summed E-state index contributed by atoms with van der Waals surface area (Å²) >= 11 is 0. The molecule has 0 aliphatic heterocycles. The summed E-state index contributed by atoms with van der Waals surface area (Å²) in [7, 11) is -3.92. The predicted octanol–water partition coefficient (Wildman–Crippen LogP) is 5.41. The standard InChI is InChI=1S/C35H41F4N7O7S/c1-34(2,3)53-33(48)46(19-35(4,49)50)18-25(44-54(51,52)26-10-11-26)9-12-27-28(39)16-41-17-29(27)42-32(47)31(43-45-40)30(20-5-7-22(36)8-6-20)21-13-23(37)15-24(38)14-21/h5-8,13-17,25-26,30-31,44,49-50H,9-12,18-19H2,1-4H3,(H,42,47)/t25-,30-,31?/m0/s1. The van der Waals surface area contributed by atoms with Crippen molar-refractivity contribution in [3.05, 3.63) is 105 Å². The van der Waals surface area contributed by atoms with Crippen LogP contribution >= 0.6 is 0 Å². The van der Waals surface area contributed by atoms with E-state index in [0.29, 0.717) is 18.9 Å². The molecule has 1 aliphatic carbocycles. The Balaban J connectivity index is 1.67. The van der Waals surface area contributed by atoms with Gasteiger partial charge < -0.3 is 25.2 Å². The number of sulfonamides is 1. The number of aromatic nitrogens is 1. The van der Waals surface area contributed by atoms with E-state index in [1.807, 2.05) is 0 Å². The lowest BCUT2D eigenvalue weighted by Crippen LogP contribution is -2.52. The molecule has 1 aromatic heterocycles. The topological polar surface area (TPSA) is 207 Å². The number of amides is 2. The summed E-state index contributed by atoms with van der Waals surface area (Å²) in [6, 6.07) is 4.07. The third-order valence-electron chi connectivity index (χ3n) is 8.12. The Morgan fingerprint density at radius 1 is 1.02 bits per heavy atom. The third-order valence-corrected chi connectivity index (χ3v) is 10.1. The van der Waals surface area contributed by atoms with Gasteiger partial charge in [0.2, 0.25) is 15.9 Å².